The third-order valence-corrected chi connectivity index (χ3v) is 1.20. The highest BCUT2D eigenvalue weighted by Crippen LogP contribution is 1.81. The van der Waals surface area contributed by atoms with Crippen LogP contribution in [-0.4, -0.2) is 22.4 Å². The summed E-state index contributed by atoms with van der Waals surface area (Å²) in [7, 11) is 0. The molecule has 60 valence electrons. The van der Waals surface area contributed by atoms with Gasteiger partial charge in [0.15, 0.2) is 0 Å². The standard InChI is InChI=1S/C6H10N4O/c7-6(11)8-3-5-10-4-1-2-9-10/h1-2,4H,3,5H2,(H3,7,8,11). The number of nitrogens with two attached hydrogens (primary N) is 1. The topological polar surface area (TPSA) is 72.9 Å². The molecule has 0 aromatic carbocycles. The molecule has 0 saturated heterocycles. The molecule has 1 heterocycles. The summed E-state index contributed by atoms with van der Waals surface area (Å²) < 4.78 is 1.72. The normalized spacial score (nSPS) is 9.45. The Morgan fingerprint density at radius 3 is 3.09 bits per heavy atom. The Labute approximate surface area is 64.2 Å². The third-order valence-electron chi connectivity index (χ3n) is 1.20. The molecule has 2 amide bonds. The molecule has 0 aliphatic heterocycles. The highest BCUT2D eigenvalue weighted by atomic mass is 16.2. The molecular formula is C6H10N4O. The summed E-state index contributed by atoms with van der Waals surface area (Å²) in [6, 6.07) is 1.32. The lowest BCUT2D eigenvalue weighted by Gasteiger charge is -2.00. The average molecular weight is 154 g/mol. The fourth-order valence-electron chi connectivity index (χ4n) is 0.726. The van der Waals surface area contributed by atoms with Crippen molar-refractivity contribution in [2.24, 2.45) is 5.73 Å². The maximum Gasteiger partial charge on any atom is 0.312 e. The van der Waals surface area contributed by atoms with Gasteiger partial charge in [0.2, 0.25) is 0 Å². The van der Waals surface area contributed by atoms with E-state index in [2.05, 4.69) is 10.4 Å². The number of rotatable bonds is 3. The number of amides is 2. The lowest BCUT2D eigenvalue weighted by Crippen LogP contribution is -2.32. The van der Waals surface area contributed by atoms with Gasteiger partial charge in [0.25, 0.3) is 0 Å². The molecule has 0 bridgehead atoms. The van der Waals surface area contributed by atoms with Crippen LogP contribution in [0.15, 0.2) is 18.5 Å². The molecule has 0 radical (unpaired) electrons. The van der Waals surface area contributed by atoms with Gasteiger partial charge in [0.05, 0.1) is 6.54 Å². The van der Waals surface area contributed by atoms with E-state index < -0.39 is 6.03 Å². The van der Waals surface area contributed by atoms with E-state index in [1.165, 1.54) is 0 Å². The molecule has 3 N–H and O–H groups in total. The molecule has 0 saturated carbocycles. The third kappa shape index (κ3) is 2.70. The molecule has 5 heteroatoms. The molecule has 0 aliphatic rings. The average Bonchev–Trinajstić information content (AvgIpc) is 2.39. The molecule has 1 rings (SSSR count). The van der Waals surface area contributed by atoms with Crippen molar-refractivity contribution in [1.82, 2.24) is 15.1 Å². The summed E-state index contributed by atoms with van der Waals surface area (Å²) in [6.07, 6.45) is 3.51. The van der Waals surface area contributed by atoms with E-state index in [0.29, 0.717) is 13.1 Å². The molecule has 0 atom stereocenters. The van der Waals surface area contributed by atoms with Crippen LogP contribution in [0, 0.1) is 0 Å². The van der Waals surface area contributed by atoms with Crippen molar-refractivity contribution in [3.8, 4) is 0 Å². The Kier molecular flexibility index (Phi) is 2.48. The van der Waals surface area contributed by atoms with Gasteiger partial charge in [-0.2, -0.15) is 5.10 Å². The number of hydrogen-bond acceptors (Lipinski definition) is 2. The SMILES string of the molecule is NC(=O)NCCn1cccn1. The number of nitrogens with one attached hydrogen (secondary N) is 1. The number of carbonyl (C=O) groups excluding carboxylic acids is 1. The van der Waals surface area contributed by atoms with Crippen molar-refractivity contribution in [3.63, 3.8) is 0 Å². The summed E-state index contributed by atoms with van der Waals surface area (Å²) in [4.78, 5) is 10.2. The second-order valence-corrected chi connectivity index (χ2v) is 2.06. The van der Waals surface area contributed by atoms with Crippen molar-refractivity contribution in [1.29, 1.82) is 0 Å². The zero-order chi connectivity index (χ0) is 8.10. The van der Waals surface area contributed by atoms with Crippen molar-refractivity contribution < 1.29 is 4.79 Å². The minimum Gasteiger partial charge on any atom is -0.352 e. The van der Waals surface area contributed by atoms with Gasteiger partial charge in [-0.3, -0.25) is 4.68 Å². The molecule has 11 heavy (non-hydrogen) atoms. The maximum absolute atomic E-state index is 10.2. The van der Waals surface area contributed by atoms with Crippen LogP contribution in [0.5, 0.6) is 0 Å². The number of nitrogens with zero attached hydrogens (tertiary/aromatic N) is 2. The summed E-state index contributed by atoms with van der Waals surface area (Å²) in [5.74, 6) is 0. The van der Waals surface area contributed by atoms with Crippen molar-refractivity contribution in [2.75, 3.05) is 6.54 Å². The molecule has 0 spiro atoms. The van der Waals surface area contributed by atoms with E-state index in [1.807, 2.05) is 12.3 Å². The number of hydrogen-bond donors (Lipinski definition) is 2. The molecular weight excluding hydrogens is 144 g/mol. The van der Waals surface area contributed by atoms with E-state index in [4.69, 9.17) is 5.73 Å². The number of urea groups is 1. The number of carbonyl (C=O) groups is 1. The first-order valence-electron chi connectivity index (χ1n) is 3.30. The van der Waals surface area contributed by atoms with Crippen LogP contribution in [0.4, 0.5) is 4.79 Å². The van der Waals surface area contributed by atoms with Crippen LogP contribution in [0.1, 0.15) is 0 Å². The Hall–Kier alpha value is -1.52. The predicted molar refractivity (Wildman–Crippen MR) is 39.8 cm³/mol. The fraction of sp³-hybridized carbons (Fsp3) is 0.333. The first kappa shape index (κ1) is 7.59. The monoisotopic (exact) mass is 154 g/mol. The molecule has 0 fully saturated rings. The Morgan fingerprint density at radius 2 is 2.55 bits per heavy atom. The van der Waals surface area contributed by atoms with Gasteiger partial charge in [0, 0.05) is 18.9 Å². The fourth-order valence-corrected chi connectivity index (χ4v) is 0.726. The van der Waals surface area contributed by atoms with E-state index in [0.717, 1.165) is 0 Å². The molecule has 1 aromatic heterocycles. The number of primary amides is 1. The summed E-state index contributed by atoms with van der Waals surface area (Å²) >= 11 is 0. The Balaban J connectivity index is 2.19. The second-order valence-electron chi connectivity index (χ2n) is 2.06. The van der Waals surface area contributed by atoms with Crippen molar-refractivity contribution >= 4 is 6.03 Å². The van der Waals surface area contributed by atoms with Crippen molar-refractivity contribution in [3.05, 3.63) is 18.5 Å². The van der Waals surface area contributed by atoms with Crippen LogP contribution in [0.25, 0.3) is 0 Å². The van der Waals surface area contributed by atoms with Gasteiger partial charge < -0.3 is 11.1 Å². The molecule has 1 aromatic rings. The minimum absolute atomic E-state index is 0.503. The summed E-state index contributed by atoms with van der Waals surface area (Å²) in [5, 5.41) is 6.40. The summed E-state index contributed by atoms with van der Waals surface area (Å²) in [5.41, 5.74) is 4.85. The van der Waals surface area contributed by atoms with Gasteiger partial charge in [-0.05, 0) is 6.07 Å². The molecule has 0 aliphatic carbocycles. The van der Waals surface area contributed by atoms with E-state index in [1.54, 1.807) is 10.9 Å². The number of aromatic nitrogens is 2. The van der Waals surface area contributed by atoms with Crippen LogP contribution in [0.3, 0.4) is 0 Å². The van der Waals surface area contributed by atoms with Gasteiger partial charge in [0.1, 0.15) is 0 Å². The second kappa shape index (κ2) is 3.60. The lowest BCUT2D eigenvalue weighted by molar-refractivity contribution is 0.248. The van der Waals surface area contributed by atoms with Gasteiger partial charge >= 0.3 is 6.03 Å². The van der Waals surface area contributed by atoms with E-state index >= 15 is 0 Å². The largest absolute Gasteiger partial charge is 0.352 e. The first-order chi connectivity index (χ1) is 5.29. The van der Waals surface area contributed by atoms with E-state index in [-0.39, 0.29) is 0 Å². The molecule has 0 unspecified atom stereocenters. The Morgan fingerprint density at radius 1 is 1.73 bits per heavy atom. The van der Waals surface area contributed by atoms with Gasteiger partial charge in [-0.15, -0.1) is 0 Å². The highest BCUT2D eigenvalue weighted by Gasteiger charge is 1.91. The maximum atomic E-state index is 10.2. The highest BCUT2D eigenvalue weighted by molar-refractivity contribution is 5.71. The zero-order valence-corrected chi connectivity index (χ0v) is 6.03. The van der Waals surface area contributed by atoms with Crippen LogP contribution < -0.4 is 11.1 Å². The lowest BCUT2D eigenvalue weighted by atomic mass is 10.6. The molecule has 5 nitrogen and oxygen atoms in total. The van der Waals surface area contributed by atoms with Crippen LogP contribution in [-0.2, 0) is 6.54 Å². The van der Waals surface area contributed by atoms with Crippen molar-refractivity contribution in [2.45, 2.75) is 6.54 Å². The van der Waals surface area contributed by atoms with Gasteiger partial charge in [-0.1, -0.05) is 0 Å². The summed E-state index contributed by atoms with van der Waals surface area (Å²) in [6.45, 7) is 1.16. The van der Waals surface area contributed by atoms with Gasteiger partial charge in [-0.25, -0.2) is 4.79 Å². The quantitative estimate of drug-likeness (QED) is 0.619. The van der Waals surface area contributed by atoms with Crippen LogP contribution >= 0.6 is 0 Å². The zero-order valence-electron chi connectivity index (χ0n) is 6.03. The smallest absolute Gasteiger partial charge is 0.312 e. The van der Waals surface area contributed by atoms with E-state index in [9.17, 15) is 4.79 Å². The minimum atomic E-state index is -0.503. The first-order valence-corrected chi connectivity index (χ1v) is 3.30. The Bertz CT molecular complexity index is 218. The van der Waals surface area contributed by atoms with Crippen LogP contribution in [0.2, 0.25) is 0 Å². The predicted octanol–water partition coefficient (Wildman–Crippen LogP) is -0.449.